The van der Waals surface area contributed by atoms with E-state index in [1.807, 2.05) is 0 Å². The average Bonchev–Trinajstić information content (AvgIpc) is 2.35. The minimum atomic E-state index is -0.681. The van der Waals surface area contributed by atoms with E-state index >= 15 is 0 Å². The number of benzene rings is 1. The van der Waals surface area contributed by atoms with Gasteiger partial charge >= 0.3 is 0 Å². The van der Waals surface area contributed by atoms with Crippen molar-refractivity contribution < 1.29 is 14.6 Å². The van der Waals surface area contributed by atoms with Gasteiger partial charge in [0.2, 0.25) is 0 Å². The molecule has 100 valence electrons. The molecule has 1 unspecified atom stereocenters. The molecule has 0 aliphatic carbocycles. The summed E-state index contributed by atoms with van der Waals surface area (Å²) in [4.78, 5) is 11.6. The van der Waals surface area contributed by atoms with E-state index < -0.39 is 6.10 Å². The van der Waals surface area contributed by atoms with E-state index in [0.29, 0.717) is 23.7 Å². The number of carbonyl (C=O) groups excluding carboxylic acids is 1. The Morgan fingerprint density at radius 1 is 1.50 bits per heavy atom. The molecule has 4 nitrogen and oxygen atoms in total. The topological polar surface area (TPSA) is 58.6 Å². The normalized spacial score (nSPS) is 12.0. The van der Waals surface area contributed by atoms with Crippen LogP contribution < -0.4 is 10.1 Å². The van der Waals surface area contributed by atoms with Crippen LogP contribution in [0.25, 0.3) is 0 Å². The van der Waals surface area contributed by atoms with E-state index in [1.54, 1.807) is 25.1 Å². The summed E-state index contributed by atoms with van der Waals surface area (Å²) in [6.07, 6.45) is -0.171. The number of halogens is 2. The highest BCUT2D eigenvalue weighted by Crippen LogP contribution is 2.31. The monoisotopic (exact) mass is 291 g/mol. The Balaban J connectivity index is 2.56. The molecule has 0 aliphatic rings. The molecule has 1 aromatic carbocycles. The van der Waals surface area contributed by atoms with Crippen LogP contribution in [0.15, 0.2) is 18.2 Å². The van der Waals surface area contributed by atoms with Crippen LogP contribution in [-0.2, 0) is 4.79 Å². The largest absolute Gasteiger partial charge is 0.479 e. The van der Waals surface area contributed by atoms with Crippen molar-refractivity contribution >= 4 is 29.1 Å². The van der Waals surface area contributed by atoms with Gasteiger partial charge < -0.3 is 15.2 Å². The fourth-order valence-corrected chi connectivity index (χ4v) is 1.59. The van der Waals surface area contributed by atoms with E-state index in [9.17, 15) is 4.79 Å². The molecule has 2 N–H and O–H groups in total. The standard InChI is InChI=1S/C12H15Cl2NO3/c1-8(12(17)15-6-3-7-16)18-10-5-2-4-9(13)11(10)14/h2,4-5,8,16H,3,6-7H2,1H3,(H,15,17). The molecule has 0 bridgehead atoms. The van der Waals surface area contributed by atoms with Crippen LogP contribution in [0.2, 0.25) is 10.0 Å². The lowest BCUT2D eigenvalue weighted by atomic mass is 10.3. The molecule has 0 aliphatic heterocycles. The number of ether oxygens (including phenoxy) is 1. The molecule has 0 saturated heterocycles. The number of carbonyl (C=O) groups is 1. The molecule has 0 aromatic heterocycles. The average molecular weight is 292 g/mol. The van der Waals surface area contributed by atoms with Crippen LogP contribution in [0.1, 0.15) is 13.3 Å². The van der Waals surface area contributed by atoms with Crippen molar-refractivity contribution in [3.05, 3.63) is 28.2 Å². The third-order valence-corrected chi connectivity index (χ3v) is 3.02. The smallest absolute Gasteiger partial charge is 0.260 e. The summed E-state index contributed by atoms with van der Waals surface area (Å²) in [6, 6.07) is 4.98. The second kappa shape index (κ2) is 7.46. The Morgan fingerprint density at radius 2 is 2.22 bits per heavy atom. The third-order valence-electron chi connectivity index (χ3n) is 2.22. The Morgan fingerprint density at radius 3 is 2.89 bits per heavy atom. The lowest BCUT2D eigenvalue weighted by molar-refractivity contribution is -0.127. The van der Waals surface area contributed by atoms with Gasteiger partial charge in [-0.2, -0.15) is 0 Å². The van der Waals surface area contributed by atoms with Crippen LogP contribution >= 0.6 is 23.2 Å². The van der Waals surface area contributed by atoms with E-state index in [0.717, 1.165) is 0 Å². The molecule has 0 radical (unpaired) electrons. The number of hydrogen-bond donors (Lipinski definition) is 2. The van der Waals surface area contributed by atoms with Crippen molar-refractivity contribution in [2.75, 3.05) is 13.2 Å². The van der Waals surface area contributed by atoms with Gasteiger partial charge in [-0.25, -0.2) is 0 Å². The van der Waals surface area contributed by atoms with Crippen LogP contribution in [0.4, 0.5) is 0 Å². The van der Waals surface area contributed by atoms with Gasteiger partial charge in [0.05, 0.1) is 5.02 Å². The molecule has 18 heavy (non-hydrogen) atoms. The molecular formula is C12H15Cl2NO3. The lowest BCUT2D eigenvalue weighted by Gasteiger charge is -2.15. The number of hydrogen-bond acceptors (Lipinski definition) is 3. The Bertz CT molecular complexity index is 412. The number of aliphatic hydroxyl groups excluding tert-OH is 1. The van der Waals surface area contributed by atoms with Crippen molar-refractivity contribution in [3.63, 3.8) is 0 Å². The van der Waals surface area contributed by atoms with Crippen molar-refractivity contribution in [1.82, 2.24) is 5.32 Å². The molecule has 1 atom stereocenters. The minimum Gasteiger partial charge on any atom is -0.479 e. The van der Waals surface area contributed by atoms with Crippen LogP contribution in [0.5, 0.6) is 5.75 Å². The predicted octanol–water partition coefficient (Wildman–Crippen LogP) is 2.26. The predicted molar refractivity (Wildman–Crippen MR) is 71.3 cm³/mol. The van der Waals surface area contributed by atoms with Crippen LogP contribution in [0.3, 0.4) is 0 Å². The third kappa shape index (κ3) is 4.37. The molecule has 1 amide bonds. The van der Waals surface area contributed by atoms with Gasteiger partial charge in [0.15, 0.2) is 6.10 Å². The fraction of sp³-hybridized carbons (Fsp3) is 0.417. The van der Waals surface area contributed by atoms with Crippen LogP contribution in [-0.4, -0.2) is 30.3 Å². The van der Waals surface area contributed by atoms with Gasteiger partial charge in [0, 0.05) is 13.2 Å². The summed E-state index contributed by atoms with van der Waals surface area (Å²) in [7, 11) is 0. The van der Waals surface area contributed by atoms with Crippen molar-refractivity contribution in [2.45, 2.75) is 19.4 Å². The summed E-state index contributed by atoms with van der Waals surface area (Å²) >= 11 is 11.8. The molecule has 0 spiro atoms. The summed E-state index contributed by atoms with van der Waals surface area (Å²) in [5.41, 5.74) is 0. The molecule has 0 fully saturated rings. The molecule has 1 aromatic rings. The Labute approximate surface area is 116 Å². The first kappa shape index (κ1) is 15.1. The zero-order valence-corrected chi connectivity index (χ0v) is 11.5. The van der Waals surface area contributed by atoms with Crippen molar-refractivity contribution in [3.8, 4) is 5.75 Å². The van der Waals surface area contributed by atoms with E-state index in [1.165, 1.54) is 0 Å². The zero-order valence-electron chi connectivity index (χ0n) is 9.95. The first-order chi connectivity index (χ1) is 8.56. The molecule has 1 rings (SSSR count). The molecular weight excluding hydrogens is 277 g/mol. The van der Waals surface area contributed by atoms with E-state index in [4.69, 9.17) is 33.0 Å². The van der Waals surface area contributed by atoms with Crippen LogP contribution in [0, 0.1) is 0 Å². The summed E-state index contributed by atoms with van der Waals surface area (Å²) in [5.74, 6) is 0.105. The quantitative estimate of drug-likeness (QED) is 0.791. The highest BCUT2D eigenvalue weighted by molar-refractivity contribution is 6.42. The number of amides is 1. The van der Waals surface area contributed by atoms with E-state index in [2.05, 4.69) is 5.32 Å². The summed E-state index contributed by atoms with van der Waals surface area (Å²) in [6.45, 7) is 2.06. The number of aliphatic hydroxyl groups is 1. The number of rotatable bonds is 6. The van der Waals surface area contributed by atoms with E-state index in [-0.39, 0.29) is 17.5 Å². The highest BCUT2D eigenvalue weighted by Gasteiger charge is 2.16. The number of nitrogens with one attached hydrogen (secondary N) is 1. The summed E-state index contributed by atoms with van der Waals surface area (Å²) in [5, 5.41) is 11.9. The SMILES string of the molecule is CC(Oc1cccc(Cl)c1Cl)C(=O)NCCCO. The highest BCUT2D eigenvalue weighted by atomic mass is 35.5. The van der Waals surface area contributed by atoms with Crippen molar-refractivity contribution in [1.29, 1.82) is 0 Å². The second-order valence-corrected chi connectivity index (χ2v) is 4.47. The Kier molecular flexibility index (Phi) is 6.25. The fourth-order valence-electron chi connectivity index (χ4n) is 1.25. The Hall–Kier alpha value is -0.970. The molecule has 6 heteroatoms. The van der Waals surface area contributed by atoms with Crippen molar-refractivity contribution in [2.24, 2.45) is 0 Å². The zero-order chi connectivity index (χ0) is 13.5. The minimum absolute atomic E-state index is 0.0373. The van der Waals surface area contributed by atoms with Gasteiger partial charge in [-0.1, -0.05) is 29.3 Å². The van der Waals surface area contributed by atoms with Gasteiger partial charge in [0.1, 0.15) is 10.8 Å². The lowest BCUT2D eigenvalue weighted by Crippen LogP contribution is -2.37. The molecule has 0 heterocycles. The maximum atomic E-state index is 11.6. The maximum Gasteiger partial charge on any atom is 0.260 e. The molecule has 0 saturated carbocycles. The van der Waals surface area contributed by atoms with Gasteiger partial charge in [-0.3, -0.25) is 4.79 Å². The van der Waals surface area contributed by atoms with Gasteiger partial charge in [0.25, 0.3) is 5.91 Å². The van der Waals surface area contributed by atoms with Gasteiger partial charge in [-0.05, 0) is 25.5 Å². The van der Waals surface area contributed by atoms with Gasteiger partial charge in [-0.15, -0.1) is 0 Å². The first-order valence-electron chi connectivity index (χ1n) is 5.55. The first-order valence-corrected chi connectivity index (χ1v) is 6.31. The summed E-state index contributed by atoms with van der Waals surface area (Å²) < 4.78 is 5.43. The second-order valence-electron chi connectivity index (χ2n) is 3.68. The maximum absolute atomic E-state index is 11.6.